The lowest BCUT2D eigenvalue weighted by Crippen LogP contribution is -2.30. The summed E-state index contributed by atoms with van der Waals surface area (Å²) >= 11 is 3.59. The minimum Gasteiger partial charge on any atom is -0.319 e. The number of halogens is 1. The Balaban J connectivity index is 2.45. The van der Waals surface area contributed by atoms with E-state index in [1.807, 2.05) is 7.05 Å². The monoisotopic (exact) mass is 281 g/mol. The molecule has 0 aliphatic heterocycles. The van der Waals surface area contributed by atoms with Crippen molar-refractivity contribution in [3.63, 3.8) is 0 Å². The second-order valence-corrected chi connectivity index (χ2v) is 6.32. The molecule has 1 aliphatic rings. The number of hydrogen-bond donors (Lipinski definition) is 1. The molecule has 0 radical (unpaired) electrons. The summed E-state index contributed by atoms with van der Waals surface area (Å²) in [6.45, 7) is 5.80. The first-order chi connectivity index (χ1) is 7.54. The molecule has 2 heteroatoms. The summed E-state index contributed by atoms with van der Waals surface area (Å²) in [6.07, 6.45) is 2.57. The van der Waals surface area contributed by atoms with Crippen LogP contribution in [0.25, 0.3) is 0 Å². The maximum atomic E-state index is 3.59. The summed E-state index contributed by atoms with van der Waals surface area (Å²) in [5.41, 5.74) is 3.39. The minimum absolute atomic E-state index is 0.334. The van der Waals surface area contributed by atoms with E-state index >= 15 is 0 Å². The molecule has 1 aromatic carbocycles. The molecule has 88 valence electrons. The molecular formula is C14H20BrN. The molecule has 0 heterocycles. The molecule has 2 rings (SSSR count). The van der Waals surface area contributed by atoms with Crippen LogP contribution in [0.1, 0.15) is 43.7 Å². The minimum atomic E-state index is 0.334. The highest BCUT2D eigenvalue weighted by atomic mass is 79.9. The Morgan fingerprint density at radius 2 is 2.19 bits per heavy atom. The number of hydrogen-bond acceptors (Lipinski definition) is 1. The van der Waals surface area contributed by atoms with E-state index in [9.17, 15) is 0 Å². The van der Waals surface area contributed by atoms with Gasteiger partial charge in [0.1, 0.15) is 0 Å². The fraction of sp³-hybridized carbons (Fsp3) is 0.571. The summed E-state index contributed by atoms with van der Waals surface area (Å²) in [5, 5.41) is 3.31. The van der Waals surface area contributed by atoms with Gasteiger partial charge in [0.15, 0.2) is 0 Å². The van der Waals surface area contributed by atoms with Gasteiger partial charge in [0.2, 0.25) is 0 Å². The fourth-order valence-corrected chi connectivity index (χ4v) is 3.15. The van der Waals surface area contributed by atoms with E-state index in [4.69, 9.17) is 0 Å². The Morgan fingerprint density at radius 3 is 2.88 bits per heavy atom. The van der Waals surface area contributed by atoms with Crippen LogP contribution in [-0.2, 0) is 5.41 Å². The predicted octanol–water partition coefficient (Wildman–Crippen LogP) is 3.82. The molecule has 16 heavy (non-hydrogen) atoms. The number of fused-ring (bicyclic) bond motifs is 1. The van der Waals surface area contributed by atoms with Gasteiger partial charge in [0.25, 0.3) is 0 Å². The first-order valence-corrected chi connectivity index (χ1v) is 6.78. The number of benzene rings is 1. The van der Waals surface area contributed by atoms with Crippen LogP contribution in [0, 0.1) is 0 Å². The van der Waals surface area contributed by atoms with Gasteiger partial charge in [-0.3, -0.25) is 0 Å². The van der Waals surface area contributed by atoms with Gasteiger partial charge in [-0.15, -0.1) is 0 Å². The van der Waals surface area contributed by atoms with Crippen molar-refractivity contribution in [1.29, 1.82) is 0 Å². The Bertz CT molecular complexity index is 384. The lowest BCUT2D eigenvalue weighted by atomic mass is 9.69. The highest BCUT2D eigenvalue weighted by molar-refractivity contribution is 9.10. The van der Waals surface area contributed by atoms with Crippen LogP contribution in [0.5, 0.6) is 0 Å². The summed E-state index contributed by atoms with van der Waals surface area (Å²) in [6, 6.07) is 6.77. The molecule has 0 fully saturated rings. The summed E-state index contributed by atoms with van der Waals surface area (Å²) in [5.74, 6) is 0.672. The highest BCUT2D eigenvalue weighted by Gasteiger charge is 2.32. The molecule has 1 aliphatic carbocycles. The smallest absolute Gasteiger partial charge is 0.0178 e. The fourth-order valence-electron chi connectivity index (χ4n) is 2.77. The Labute approximate surface area is 107 Å². The second-order valence-electron chi connectivity index (χ2n) is 5.41. The van der Waals surface area contributed by atoms with E-state index in [1.54, 1.807) is 0 Å². The molecular weight excluding hydrogens is 262 g/mol. The van der Waals surface area contributed by atoms with Crippen LogP contribution < -0.4 is 5.32 Å². The molecule has 1 aromatic rings. The molecule has 1 atom stereocenters. The standard InChI is InChI=1S/C14H20BrN/c1-14(2)7-6-10(9-16-3)12-8-11(15)4-5-13(12)14/h4-5,8,10,16H,6-7,9H2,1-3H3. The molecule has 0 amide bonds. The molecule has 1 N–H and O–H groups in total. The molecule has 0 saturated carbocycles. The van der Waals surface area contributed by atoms with Gasteiger partial charge in [-0.2, -0.15) is 0 Å². The molecule has 0 aromatic heterocycles. The van der Waals surface area contributed by atoms with Gasteiger partial charge in [-0.25, -0.2) is 0 Å². The maximum absolute atomic E-state index is 3.59. The van der Waals surface area contributed by atoms with Crippen LogP contribution >= 0.6 is 15.9 Å². The lowest BCUT2D eigenvalue weighted by molar-refractivity contribution is 0.386. The largest absolute Gasteiger partial charge is 0.319 e. The third-order valence-corrected chi connectivity index (χ3v) is 4.24. The second kappa shape index (κ2) is 4.50. The zero-order chi connectivity index (χ0) is 11.8. The van der Waals surface area contributed by atoms with Crippen molar-refractivity contribution >= 4 is 15.9 Å². The summed E-state index contributed by atoms with van der Waals surface area (Å²) < 4.78 is 1.20. The van der Waals surface area contributed by atoms with E-state index < -0.39 is 0 Å². The van der Waals surface area contributed by atoms with Crippen LogP contribution in [0.4, 0.5) is 0 Å². The Kier molecular flexibility index (Phi) is 3.41. The zero-order valence-corrected chi connectivity index (χ0v) is 11.9. The van der Waals surface area contributed by atoms with Crippen molar-refractivity contribution in [1.82, 2.24) is 5.32 Å². The molecule has 0 bridgehead atoms. The molecule has 1 unspecified atom stereocenters. The Morgan fingerprint density at radius 1 is 1.44 bits per heavy atom. The van der Waals surface area contributed by atoms with Crippen LogP contribution in [0.3, 0.4) is 0 Å². The first-order valence-electron chi connectivity index (χ1n) is 5.99. The van der Waals surface area contributed by atoms with E-state index in [0.717, 1.165) is 6.54 Å². The molecule has 0 spiro atoms. The van der Waals surface area contributed by atoms with Crippen molar-refractivity contribution in [3.8, 4) is 0 Å². The van der Waals surface area contributed by atoms with Gasteiger partial charge in [0.05, 0.1) is 0 Å². The van der Waals surface area contributed by atoms with Crippen molar-refractivity contribution in [3.05, 3.63) is 33.8 Å². The van der Waals surface area contributed by atoms with Gasteiger partial charge >= 0.3 is 0 Å². The van der Waals surface area contributed by atoms with Gasteiger partial charge < -0.3 is 5.32 Å². The third-order valence-electron chi connectivity index (χ3n) is 3.75. The number of likely N-dealkylation sites (N-methyl/N-ethyl adjacent to an activating group) is 1. The van der Waals surface area contributed by atoms with E-state index in [0.29, 0.717) is 11.3 Å². The quantitative estimate of drug-likeness (QED) is 0.869. The van der Waals surface area contributed by atoms with Gasteiger partial charge in [-0.05, 0) is 54.5 Å². The third kappa shape index (κ3) is 2.18. The van der Waals surface area contributed by atoms with Crippen molar-refractivity contribution in [2.45, 2.75) is 38.0 Å². The zero-order valence-electron chi connectivity index (χ0n) is 10.3. The summed E-state index contributed by atoms with van der Waals surface area (Å²) in [7, 11) is 2.04. The highest BCUT2D eigenvalue weighted by Crippen LogP contribution is 2.43. The average Bonchev–Trinajstić information content (AvgIpc) is 2.22. The van der Waals surface area contributed by atoms with Crippen LogP contribution in [-0.4, -0.2) is 13.6 Å². The van der Waals surface area contributed by atoms with Crippen molar-refractivity contribution in [2.75, 3.05) is 13.6 Å². The van der Waals surface area contributed by atoms with E-state index in [2.05, 4.69) is 53.3 Å². The van der Waals surface area contributed by atoms with Crippen molar-refractivity contribution in [2.24, 2.45) is 0 Å². The Hall–Kier alpha value is -0.340. The number of rotatable bonds is 2. The van der Waals surface area contributed by atoms with Crippen LogP contribution in [0.15, 0.2) is 22.7 Å². The molecule has 1 nitrogen and oxygen atoms in total. The predicted molar refractivity (Wildman–Crippen MR) is 73.1 cm³/mol. The SMILES string of the molecule is CNCC1CCC(C)(C)c2ccc(Br)cc21. The van der Waals surface area contributed by atoms with Gasteiger partial charge in [0, 0.05) is 11.0 Å². The summed E-state index contributed by atoms with van der Waals surface area (Å²) in [4.78, 5) is 0. The van der Waals surface area contributed by atoms with E-state index in [-0.39, 0.29) is 0 Å². The lowest BCUT2D eigenvalue weighted by Gasteiger charge is -2.37. The number of nitrogens with one attached hydrogen (secondary N) is 1. The average molecular weight is 282 g/mol. The van der Waals surface area contributed by atoms with Crippen LogP contribution in [0.2, 0.25) is 0 Å². The van der Waals surface area contributed by atoms with E-state index in [1.165, 1.54) is 28.4 Å². The first kappa shape index (κ1) is 12.1. The van der Waals surface area contributed by atoms with Crippen molar-refractivity contribution < 1.29 is 0 Å². The van der Waals surface area contributed by atoms with Gasteiger partial charge in [-0.1, -0.05) is 35.8 Å². The topological polar surface area (TPSA) is 12.0 Å². The maximum Gasteiger partial charge on any atom is 0.0178 e. The normalized spacial score (nSPS) is 22.9. The molecule has 0 saturated heterocycles.